The maximum absolute atomic E-state index is 4.11. The first-order chi connectivity index (χ1) is 9.42. The molecule has 0 saturated carbocycles. The molecule has 3 rings (SSSR count). The van der Waals surface area contributed by atoms with Crippen LogP contribution in [-0.4, -0.2) is 34.1 Å². The summed E-state index contributed by atoms with van der Waals surface area (Å²) in [6.45, 7) is 2.13. The van der Waals surface area contributed by atoms with Crippen molar-refractivity contribution >= 4 is 5.69 Å². The third kappa shape index (κ3) is 3.12. The molecule has 19 heavy (non-hydrogen) atoms. The van der Waals surface area contributed by atoms with Gasteiger partial charge in [-0.15, -0.1) is 0 Å². The van der Waals surface area contributed by atoms with Gasteiger partial charge in [0.2, 0.25) is 0 Å². The van der Waals surface area contributed by atoms with E-state index in [1.807, 2.05) is 12.1 Å². The van der Waals surface area contributed by atoms with Gasteiger partial charge < -0.3 is 10.6 Å². The van der Waals surface area contributed by atoms with E-state index < -0.39 is 0 Å². The van der Waals surface area contributed by atoms with Gasteiger partial charge in [-0.05, 0) is 43.7 Å². The van der Waals surface area contributed by atoms with Crippen LogP contribution in [0.4, 0.5) is 5.69 Å². The minimum atomic E-state index is 0.598. The molecule has 5 heteroatoms. The summed E-state index contributed by atoms with van der Waals surface area (Å²) in [5, 5.41) is 15.2. The Hall–Kier alpha value is -1.88. The van der Waals surface area contributed by atoms with Gasteiger partial charge in [-0.2, -0.15) is 15.0 Å². The van der Waals surface area contributed by atoms with E-state index in [-0.39, 0.29) is 0 Å². The molecule has 1 aliphatic heterocycles. The Morgan fingerprint density at radius 2 is 1.95 bits per heavy atom. The molecule has 2 heterocycles. The SMILES string of the molecule is c1cnn(-c2ccc(NCC3CCCCN3)cc2)n1. The minimum Gasteiger partial charge on any atom is -0.383 e. The summed E-state index contributed by atoms with van der Waals surface area (Å²) in [5.74, 6) is 0. The summed E-state index contributed by atoms with van der Waals surface area (Å²) in [6, 6.07) is 8.79. The van der Waals surface area contributed by atoms with Crippen LogP contribution >= 0.6 is 0 Å². The standard InChI is InChI=1S/C14H19N5/c1-2-8-15-13(3-1)11-16-12-4-6-14(7-5-12)19-17-9-10-18-19/h4-7,9-10,13,15-16H,1-3,8,11H2. The number of aromatic nitrogens is 3. The number of nitrogens with one attached hydrogen (secondary N) is 2. The summed E-state index contributed by atoms with van der Waals surface area (Å²) < 4.78 is 0. The normalized spacial score (nSPS) is 19.3. The number of benzene rings is 1. The van der Waals surface area contributed by atoms with Crippen LogP contribution in [0.1, 0.15) is 19.3 Å². The van der Waals surface area contributed by atoms with Gasteiger partial charge in [-0.1, -0.05) is 6.42 Å². The van der Waals surface area contributed by atoms with Crippen LogP contribution < -0.4 is 10.6 Å². The topological polar surface area (TPSA) is 54.8 Å². The van der Waals surface area contributed by atoms with Crippen molar-refractivity contribution in [2.24, 2.45) is 0 Å². The van der Waals surface area contributed by atoms with E-state index in [1.54, 1.807) is 17.2 Å². The van der Waals surface area contributed by atoms with Gasteiger partial charge in [0.1, 0.15) is 0 Å². The van der Waals surface area contributed by atoms with Crippen LogP contribution in [-0.2, 0) is 0 Å². The van der Waals surface area contributed by atoms with Gasteiger partial charge in [0.25, 0.3) is 0 Å². The van der Waals surface area contributed by atoms with Gasteiger partial charge >= 0.3 is 0 Å². The highest BCUT2D eigenvalue weighted by atomic mass is 15.5. The van der Waals surface area contributed by atoms with Gasteiger partial charge in [0, 0.05) is 18.3 Å². The first-order valence-corrected chi connectivity index (χ1v) is 6.86. The Balaban J connectivity index is 1.57. The predicted molar refractivity (Wildman–Crippen MR) is 75.5 cm³/mol. The van der Waals surface area contributed by atoms with Crippen LogP contribution in [0, 0.1) is 0 Å². The van der Waals surface area contributed by atoms with Gasteiger partial charge in [-0.3, -0.25) is 0 Å². The van der Waals surface area contributed by atoms with Crippen molar-refractivity contribution in [1.82, 2.24) is 20.3 Å². The first kappa shape index (κ1) is 12.2. The van der Waals surface area contributed by atoms with E-state index in [1.165, 1.54) is 19.3 Å². The lowest BCUT2D eigenvalue weighted by Gasteiger charge is -2.24. The lowest BCUT2D eigenvalue weighted by molar-refractivity contribution is 0.414. The maximum Gasteiger partial charge on any atom is 0.0858 e. The molecule has 2 N–H and O–H groups in total. The predicted octanol–water partition coefficient (Wildman–Crippen LogP) is 1.82. The number of hydrogen-bond donors (Lipinski definition) is 2. The Kier molecular flexibility index (Phi) is 3.74. The molecule has 100 valence electrons. The highest BCUT2D eigenvalue weighted by molar-refractivity contribution is 5.48. The quantitative estimate of drug-likeness (QED) is 0.877. The second-order valence-electron chi connectivity index (χ2n) is 4.89. The molecule has 2 aromatic rings. The van der Waals surface area contributed by atoms with E-state index in [0.29, 0.717) is 6.04 Å². The first-order valence-electron chi connectivity index (χ1n) is 6.86. The van der Waals surface area contributed by atoms with Crippen molar-refractivity contribution in [3.63, 3.8) is 0 Å². The zero-order chi connectivity index (χ0) is 12.9. The van der Waals surface area contributed by atoms with Crippen molar-refractivity contribution in [1.29, 1.82) is 0 Å². The van der Waals surface area contributed by atoms with E-state index in [2.05, 4.69) is 33.0 Å². The highest BCUT2D eigenvalue weighted by Crippen LogP contribution is 2.13. The van der Waals surface area contributed by atoms with E-state index in [9.17, 15) is 0 Å². The lowest BCUT2D eigenvalue weighted by atomic mass is 10.1. The number of anilines is 1. The third-order valence-corrected chi connectivity index (χ3v) is 3.48. The number of piperidine rings is 1. The molecule has 0 bridgehead atoms. The molecule has 1 fully saturated rings. The van der Waals surface area contributed by atoms with Gasteiger partial charge in [-0.25, -0.2) is 0 Å². The molecular formula is C14H19N5. The fourth-order valence-corrected chi connectivity index (χ4v) is 2.40. The van der Waals surface area contributed by atoms with E-state index in [0.717, 1.165) is 24.5 Å². The molecule has 0 radical (unpaired) electrons. The highest BCUT2D eigenvalue weighted by Gasteiger charge is 2.11. The van der Waals surface area contributed by atoms with E-state index in [4.69, 9.17) is 0 Å². The molecule has 5 nitrogen and oxygen atoms in total. The third-order valence-electron chi connectivity index (χ3n) is 3.48. The Morgan fingerprint density at radius 1 is 1.16 bits per heavy atom. The monoisotopic (exact) mass is 257 g/mol. The van der Waals surface area contributed by atoms with Crippen LogP contribution in [0.3, 0.4) is 0 Å². The molecule has 1 aromatic heterocycles. The van der Waals surface area contributed by atoms with Crippen LogP contribution in [0.25, 0.3) is 5.69 Å². The Labute approximate surface area is 113 Å². The largest absolute Gasteiger partial charge is 0.383 e. The number of rotatable bonds is 4. The molecule has 1 unspecified atom stereocenters. The fourth-order valence-electron chi connectivity index (χ4n) is 2.40. The summed E-state index contributed by atoms with van der Waals surface area (Å²) in [5.41, 5.74) is 2.12. The van der Waals surface area contributed by atoms with Crippen LogP contribution in [0.2, 0.25) is 0 Å². The summed E-state index contributed by atoms with van der Waals surface area (Å²) >= 11 is 0. The smallest absolute Gasteiger partial charge is 0.0858 e. The molecule has 1 aromatic carbocycles. The molecule has 1 atom stereocenters. The van der Waals surface area contributed by atoms with Crippen molar-refractivity contribution in [2.75, 3.05) is 18.4 Å². The maximum atomic E-state index is 4.11. The zero-order valence-electron chi connectivity index (χ0n) is 10.9. The van der Waals surface area contributed by atoms with Crippen molar-refractivity contribution in [2.45, 2.75) is 25.3 Å². The molecule has 1 saturated heterocycles. The minimum absolute atomic E-state index is 0.598. The number of hydrogen-bond acceptors (Lipinski definition) is 4. The average molecular weight is 257 g/mol. The summed E-state index contributed by atoms with van der Waals surface area (Å²) in [7, 11) is 0. The second kappa shape index (κ2) is 5.84. The molecular weight excluding hydrogens is 238 g/mol. The second-order valence-corrected chi connectivity index (χ2v) is 4.89. The summed E-state index contributed by atoms with van der Waals surface area (Å²) in [6.07, 6.45) is 7.27. The van der Waals surface area contributed by atoms with Crippen molar-refractivity contribution < 1.29 is 0 Å². The Morgan fingerprint density at radius 3 is 2.63 bits per heavy atom. The number of nitrogens with zero attached hydrogens (tertiary/aromatic N) is 3. The van der Waals surface area contributed by atoms with E-state index >= 15 is 0 Å². The van der Waals surface area contributed by atoms with Crippen LogP contribution in [0.15, 0.2) is 36.7 Å². The molecule has 1 aliphatic rings. The fraction of sp³-hybridized carbons (Fsp3) is 0.429. The van der Waals surface area contributed by atoms with Crippen LogP contribution in [0.5, 0.6) is 0 Å². The van der Waals surface area contributed by atoms with Crippen molar-refractivity contribution in [3.05, 3.63) is 36.7 Å². The lowest BCUT2D eigenvalue weighted by Crippen LogP contribution is -2.39. The molecule has 0 amide bonds. The zero-order valence-corrected chi connectivity index (χ0v) is 10.9. The average Bonchev–Trinajstić information content (AvgIpc) is 3.01. The van der Waals surface area contributed by atoms with Crippen molar-refractivity contribution in [3.8, 4) is 5.69 Å². The Bertz CT molecular complexity index is 485. The molecule has 0 aliphatic carbocycles. The molecule has 0 spiro atoms. The van der Waals surface area contributed by atoms with Gasteiger partial charge in [0.15, 0.2) is 0 Å². The summed E-state index contributed by atoms with van der Waals surface area (Å²) in [4.78, 5) is 1.62. The van der Waals surface area contributed by atoms with Gasteiger partial charge in [0.05, 0.1) is 18.1 Å².